The van der Waals surface area contributed by atoms with Crippen LogP contribution >= 0.6 is 0 Å². The van der Waals surface area contributed by atoms with Gasteiger partial charge in [-0.05, 0) is 31.0 Å². The molecule has 3 aliphatic rings. The number of piperidine rings is 1. The third kappa shape index (κ3) is 3.22. The topological polar surface area (TPSA) is 98.8 Å². The zero-order chi connectivity index (χ0) is 19.8. The third-order valence-electron chi connectivity index (χ3n) is 5.71. The molecular formula is C20H24N4O4. The van der Waals surface area contributed by atoms with E-state index in [1.165, 1.54) is 0 Å². The largest absolute Gasteiger partial charge is 0.313 e. The molecule has 8 heteroatoms. The fourth-order valence-electron chi connectivity index (χ4n) is 4.39. The van der Waals surface area contributed by atoms with Crippen molar-refractivity contribution in [1.82, 2.24) is 20.4 Å². The summed E-state index contributed by atoms with van der Waals surface area (Å²) in [5, 5.41) is 5.67. The van der Waals surface area contributed by atoms with Crippen molar-refractivity contribution < 1.29 is 19.2 Å². The number of amides is 4. The predicted octanol–water partition coefficient (Wildman–Crippen LogP) is 0.272. The minimum absolute atomic E-state index is 0.121. The van der Waals surface area contributed by atoms with Crippen molar-refractivity contribution >= 4 is 23.6 Å². The Hall–Kier alpha value is -2.58. The summed E-state index contributed by atoms with van der Waals surface area (Å²) >= 11 is 0. The minimum Gasteiger partial charge on any atom is -0.313 e. The van der Waals surface area contributed by atoms with Gasteiger partial charge in [-0.15, -0.1) is 0 Å². The Morgan fingerprint density at radius 1 is 1.14 bits per heavy atom. The van der Waals surface area contributed by atoms with Gasteiger partial charge in [0, 0.05) is 32.1 Å². The van der Waals surface area contributed by atoms with E-state index in [1.807, 2.05) is 6.07 Å². The molecule has 2 saturated heterocycles. The summed E-state index contributed by atoms with van der Waals surface area (Å²) in [7, 11) is 0. The Morgan fingerprint density at radius 3 is 2.71 bits per heavy atom. The molecule has 3 heterocycles. The molecule has 0 aromatic heterocycles. The number of likely N-dealkylation sites (N-methyl/N-ethyl adjacent to an activating group) is 1. The lowest BCUT2D eigenvalue weighted by atomic mass is 10.0. The number of likely N-dealkylation sites (tertiary alicyclic amines) is 1. The number of carbonyl (C=O) groups is 4. The van der Waals surface area contributed by atoms with E-state index in [4.69, 9.17) is 0 Å². The second-order valence-electron chi connectivity index (χ2n) is 7.57. The van der Waals surface area contributed by atoms with Gasteiger partial charge in [0.15, 0.2) is 0 Å². The highest BCUT2D eigenvalue weighted by molar-refractivity contribution is 6.24. The van der Waals surface area contributed by atoms with E-state index in [0.29, 0.717) is 23.7 Å². The molecular weight excluding hydrogens is 360 g/mol. The second kappa shape index (κ2) is 7.44. The van der Waals surface area contributed by atoms with Gasteiger partial charge >= 0.3 is 0 Å². The number of nitrogens with zero attached hydrogens (tertiary/aromatic N) is 2. The van der Waals surface area contributed by atoms with Crippen LogP contribution in [0.25, 0.3) is 0 Å². The van der Waals surface area contributed by atoms with Gasteiger partial charge in [-0.25, -0.2) is 0 Å². The first-order valence-electron chi connectivity index (χ1n) is 9.78. The number of rotatable bonds is 5. The fourth-order valence-corrected chi connectivity index (χ4v) is 4.39. The average molecular weight is 384 g/mol. The quantitative estimate of drug-likeness (QED) is 0.707. The van der Waals surface area contributed by atoms with Crippen molar-refractivity contribution in [3.8, 4) is 0 Å². The first kappa shape index (κ1) is 18.8. The van der Waals surface area contributed by atoms with E-state index in [1.54, 1.807) is 12.1 Å². The van der Waals surface area contributed by atoms with Crippen molar-refractivity contribution in [3.05, 3.63) is 34.9 Å². The smallest absolute Gasteiger partial charge is 0.262 e. The summed E-state index contributed by atoms with van der Waals surface area (Å²) in [6, 6.07) is 4.81. The summed E-state index contributed by atoms with van der Waals surface area (Å²) < 4.78 is 0. The Balaban J connectivity index is 1.56. The van der Waals surface area contributed by atoms with Crippen LogP contribution < -0.4 is 10.6 Å². The van der Waals surface area contributed by atoms with Gasteiger partial charge in [0.2, 0.25) is 11.8 Å². The summed E-state index contributed by atoms with van der Waals surface area (Å²) in [5.41, 5.74) is 1.54. The zero-order valence-corrected chi connectivity index (χ0v) is 15.9. The summed E-state index contributed by atoms with van der Waals surface area (Å²) in [6.07, 6.45) is 1.34. The van der Waals surface area contributed by atoms with Gasteiger partial charge < -0.3 is 5.32 Å². The maximum absolute atomic E-state index is 13.1. The highest BCUT2D eigenvalue weighted by Crippen LogP contribution is 2.31. The number of hydrogen-bond donors (Lipinski definition) is 2. The predicted molar refractivity (Wildman–Crippen MR) is 100 cm³/mol. The fraction of sp³-hybridized carbons (Fsp3) is 0.500. The Morgan fingerprint density at radius 2 is 1.96 bits per heavy atom. The molecule has 4 amide bonds. The molecule has 8 nitrogen and oxygen atoms in total. The molecule has 28 heavy (non-hydrogen) atoms. The minimum atomic E-state index is -0.928. The molecule has 4 rings (SSSR count). The lowest BCUT2D eigenvalue weighted by Gasteiger charge is -2.28. The number of nitrogens with one attached hydrogen (secondary N) is 2. The van der Waals surface area contributed by atoms with Gasteiger partial charge in [-0.1, -0.05) is 19.1 Å². The average Bonchev–Trinajstić information content (AvgIpc) is 3.20. The van der Waals surface area contributed by atoms with Crippen LogP contribution in [0.1, 0.15) is 52.5 Å². The maximum atomic E-state index is 13.1. The van der Waals surface area contributed by atoms with Crippen LogP contribution in [0, 0.1) is 0 Å². The van der Waals surface area contributed by atoms with Crippen LogP contribution in [-0.4, -0.2) is 65.1 Å². The van der Waals surface area contributed by atoms with E-state index in [0.717, 1.165) is 36.5 Å². The lowest BCUT2D eigenvalue weighted by molar-refractivity contribution is -0.136. The maximum Gasteiger partial charge on any atom is 0.262 e. The highest BCUT2D eigenvalue weighted by Gasteiger charge is 2.45. The molecule has 1 aromatic rings. The molecule has 3 aliphatic heterocycles. The van der Waals surface area contributed by atoms with Crippen molar-refractivity contribution in [1.29, 1.82) is 0 Å². The van der Waals surface area contributed by atoms with E-state index in [-0.39, 0.29) is 18.7 Å². The molecule has 0 aliphatic carbocycles. The summed E-state index contributed by atoms with van der Waals surface area (Å²) in [6.45, 7) is 5.43. The van der Waals surface area contributed by atoms with Gasteiger partial charge in [0.1, 0.15) is 6.04 Å². The number of imide groups is 2. The van der Waals surface area contributed by atoms with Crippen LogP contribution in [0.4, 0.5) is 0 Å². The number of benzene rings is 1. The van der Waals surface area contributed by atoms with Gasteiger partial charge in [0.25, 0.3) is 11.8 Å². The molecule has 2 unspecified atom stereocenters. The first-order valence-corrected chi connectivity index (χ1v) is 9.78. The van der Waals surface area contributed by atoms with E-state index < -0.39 is 23.8 Å². The lowest BCUT2D eigenvalue weighted by Crippen LogP contribution is -2.54. The van der Waals surface area contributed by atoms with Gasteiger partial charge in [-0.2, -0.15) is 0 Å². The molecule has 2 atom stereocenters. The van der Waals surface area contributed by atoms with Gasteiger partial charge in [-0.3, -0.25) is 34.3 Å². The summed E-state index contributed by atoms with van der Waals surface area (Å²) in [5.74, 6) is -1.85. The van der Waals surface area contributed by atoms with Crippen molar-refractivity contribution in [2.45, 2.75) is 44.8 Å². The number of fused-ring (bicyclic) bond motifs is 1. The van der Waals surface area contributed by atoms with Crippen LogP contribution in [0.5, 0.6) is 0 Å². The van der Waals surface area contributed by atoms with Crippen LogP contribution in [-0.2, 0) is 16.1 Å². The van der Waals surface area contributed by atoms with Crippen LogP contribution in [0.15, 0.2) is 18.2 Å². The molecule has 1 aromatic carbocycles. The first-order chi connectivity index (χ1) is 13.5. The SMILES string of the molecule is CCNC1CCN(Cc2cccc3c2C(=O)N(C2CCC(=O)NC2=O)C3=O)C1. The van der Waals surface area contributed by atoms with Gasteiger partial charge in [0.05, 0.1) is 11.1 Å². The van der Waals surface area contributed by atoms with E-state index >= 15 is 0 Å². The van der Waals surface area contributed by atoms with Crippen LogP contribution in [0.2, 0.25) is 0 Å². The monoisotopic (exact) mass is 384 g/mol. The Kier molecular flexibility index (Phi) is 4.99. The van der Waals surface area contributed by atoms with Crippen LogP contribution in [0.3, 0.4) is 0 Å². The zero-order valence-electron chi connectivity index (χ0n) is 15.9. The molecule has 0 bridgehead atoms. The number of carbonyl (C=O) groups excluding carboxylic acids is 4. The number of hydrogen-bond acceptors (Lipinski definition) is 6. The summed E-state index contributed by atoms with van der Waals surface area (Å²) in [4.78, 5) is 52.9. The second-order valence-corrected chi connectivity index (χ2v) is 7.57. The van der Waals surface area contributed by atoms with Crippen molar-refractivity contribution in [2.24, 2.45) is 0 Å². The van der Waals surface area contributed by atoms with E-state index in [2.05, 4.69) is 22.5 Å². The normalized spacial score (nSPS) is 25.4. The highest BCUT2D eigenvalue weighted by atomic mass is 16.2. The van der Waals surface area contributed by atoms with Crippen molar-refractivity contribution in [3.63, 3.8) is 0 Å². The Bertz CT molecular complexity index is 853. The molecule has 148 valence electrons. The molecule has 0 radical (unpaired) electrons. The standard InChI is InChI=1S/C20H24N4O4/c1-2-21-13-8-9-23(11-13)10-12-4-3-5-14-17(12)20(28)24(19(14)27)15-6-7-16(25)22-18(15)26/h3-5,13,15,21H,2,6-11H2,1H3,(H,22,25,26). The Labute approximate surface area is 163 Å². The molecule has 0 saturated carbocycles. The molecule has 0 spiro atoms. The third-order valence-corrected chi connectivity index (χ3v) is 5.71. The van der Waals surface area contributed by atoms with Crippen molar-refractivity contribution in [2.75, 3.05) is 19.6 Å². The molecule has 2 fully saturated rings. The van der Waals surface area contributed by atoms with E-state index in [9.17, 15) is 19.2 Å². The molecule has 2 N–H and O–H groups in total.